The van der Waals surface area contributed by atoms with Crippen LogP contribution in [0.5, 0.6) is 0 Å². The minimum absolute atomic E-state index is 0.0433. The molecule has 208 valence electrons. The van der Waals surface area contributed by atoms with Gasteiger partial charge in [0.2, 0.25) is 11.8 Å². The van der Waals surface area contributed by atoms with Gasteiger partial charge in [0.1, 0.15) is 12.6 Å². The number of nitrogens with zero attached hydrogens (tertiary/aromatic N) is 2. The van der Waals surface area contributed by atoms with E-state index in [1.165, 1.54) is 17.0 Å². The van der Waals surface area contributed by atoms with Crippen molar-refractivity contribution in [1.82, 2.24) is 10.2 Å². The number of nitrogens with one attached hydrogen (secondary N) is 1. The van der Waals surface area contributed by atoms with Gasteiger partial charge in [-0.3, -0.25) is 13.9 Å². The van der Waals surface area contributed by atoms with E-state index < -0.39 is 28.5 Å². The van der Waals surface area contributed by atoms with Gasteiger partial charge in [-0.2, -0.15) is 0 Å². The number of rotatable bonds is 12. The first-order valence-corrected chi connectivity index (χ1v) is 14.9. The molecule has 0 aromatic heterocycles. The van der Waals surface area contributed by atoms with Crippen LogP contribution in [0.1, 0.15) is 37.8 Å². The molecule has 0 unspecified atom stereocenters. The highest BCUT2D eigenvalue weighted by molar-refractivity contribution is 7.92. The molecular formula is C29H33Cl2N3O4S. The van der Waals surface area contributed by atoms with E-state index in [4.69, 9.17) is 23.2 Å². The second-order valence-electron chi connectivity index (χ2n) is 9.22. The summed E-state index contributed by atoms with van der Waals surface area (Å²) in [5.74, 6) is -0.845. The zero-order chi connectivity index (χ0) is 28.6. The molecule has 0 fully saturated rings. The molecular weight excluding hydrogens is 557 g/mol. The summed E-state index contributed by atoms with van der Waals surface area (Å²) in [6, 6.07) is 18.8. The number of hydrogen-bond donors (Lipinski definition) is 1. The summed E-state index contributed by atoms with van der Waals surface area (Å²) in [6.45, 7) is 5.46. The third-order valence-electron chi connectivity index (χ3n) is 6.30. The molecule has 0 saturated heterocycles. The van der Waals surface area contributed by atoms with E-state index in [-0.39, 0.29) is 17.3 Å². The Morgan fingerprint density at radius 3 is 2.21 bits per heavy atom. The third-order valence-corrected chi connectivity index (χ3v) is 8.56. The first-order valence-electron chi connectivity index (χ1n) is 12.7. The lowest BCUT2D eigenvalue weighted by molar-refractivity contribution is -0.139. The average Bonchev–Trinajstić information content (AvgIpc) is 2.91. The van der Waals surface area contributed by atoms with Gasteiger partial charge in [-0.15, -0.1) is 0 Å². The first-order chi connectivity index (χ1) is 18.5. The van der Waals surface area contributed by atoms with Gasteiger partial charge in [-0.25, -0.2) is 8.42 Å². The van der Waals surface area contributed by atoms with Crippen LogP contribution in [-0.2, 0) is 26.2 Å². The Labute approximate surface area is 240 Å². The number of sulfonamides is 1. The molecule has 1 N–H and O–H groups in total. The monoisotopic (exact) mass is 589 g/mol. The maximum absolute atomic E-state index is 13.9. The summed E-state index contributed by atoms with van der Waals surface area (Å²) in [7, 11) is -4.14. The summed E-state index contributed by atoms with van der Waals surface area (Å²) in [5, 5.41) is 3.86. The molecule has 0 spiro atoms. The van der Waals surface area contributed by atoms with E-state index >= 15 is 0 Å². The largest absolute Gasteiger partial charge is 0.354 e. The SMILES string of the molecule is CCCCNC(=O)[C@H](C)N(Cc1ccc(Cl)cc1)C(=O)CN(c1ccc(Cl)cc1C)S(=O)(=O)c1ccccc1. The molecule has 3 rings (SSSR count). The number of aryl methyl sites for hydroxylation is 1. The van der Waals surface area contributed by atoms with Crippen molar-refractivity contribution in [2.75, 3.05) is 17.4 Å². The van der Waals surface area contributed by atoms with E-state index in [2.05, 4.69) is 5.32 Å². The normalized spacial score (nSPS) is 12.0. The fraction of sp³-hybridized carbons (Fsp3) is 0.310. The first kappa shape index (κ1) is 30.5. The zero-order valence-electron chi connectivity index (χ0n) is 22.2. The quantitative estimate of drug-likeness (QED) is 0.269. The molecule has 0 bridgehead atoms. The van der Waals surface area contributed by atoms with Crippen LogP contribution in [0.25, 0.3) is 0 Å². The highest BCUT2D eigenvalue weighted by Gasteiger charge is 2.33. The number of anilines is 1. The van der Waals surface area contributed by atoms with Gasteiger partial charge in [-0.1, -0.05) is 66.9 Å². The van der Waals surface area contributed by atoms with Gasteiger partial charge in [0.25, 0.3) is 10.0 Å². The second-order valence-corrected chi connectivity index (χ2v) is 12.0. The lowest BCUT2D eigenvalue weighted by Gasteiger charge is -2.32. The van der Waals surface area contributed by atoms with E-state index in [0.29, 0.717) is 27.8 Å². The minimum Gasteiger partial charge on any atom is -0.354 e. The molecule has 0 aliphatic carbocycles. The highest BCUT2D eigenvalue weighted by atomic mass is 35.5. The lowest BCUT2D eigenvalue weighted by atomic mass is 10.1. The van der Waals surface area contributed by atoms with Crippen molar-refractivity contribution in [3.63, 3.8) is 0 Å². The maximum atomic E-state index is 13.9. The number of halogens is 2. The number of unbranched alkanes of at least 4 members (excludes halogenated alkanes) is 1. The molecule has 0 saturated carbocycles. The van der Waals surface area contributed by atoms with E-state index in [0.717, 1.165) is 22.7 Å². The fourth-order valence-electron chi connectivity index (χ4n) is 4.04. The van der Waals surface area contributed by atoms with Gasteiger partial charge in [0.05, 0.1) is 10.6 Å². The number of benzene rings is 3. The highest BCUT2D eigenvalue weighted by Crippen LogP contribution is 2.29. The van der Waals surface area contributed by atoms with Crippen LogP contribution in [0.4, 0.5) is 5.69 Å². The van der Waals surface area contributed by atoms with Crippen molar-refractivity contribution >= 4 is 50.7 Å². The molecule has 7 nitrogen and oxygen atoms in total. The van der Waals surface area contributed by atoms with Crippen LogP contribution in [0.15, 0.2) is 77.7 Å². The van der Waals surface area contributed by atoms with Crippen molar-refractivity contribution in [1.29, 1.82) is 0 Å². The standard InChI is InChI=1S/C29H33Cl2N3O4S/c1-4-5-17-32-29(36)22(3)33(19-23-11-13-24(30)14-12-23)28(35)20-34(27-16-15-25(31)18-21(27)2)39(37,38)26-9-7-6-8-10-26/h6-16,18,22H,4-5,17,19-20H2,1-3H3,(H,32,36)/t22-/m0/s1. The average molecular weight is 591 g/mol. The Morgan fingerprint density at radius 2 is 1.59 bits per heavy atom. The minimum atomic E-state index is -4.14. The van der Waals surface area contributed by atoms with Gasteiger partial charge >= 0.3 is 0 Å². The predicted molar refractivity (Wildman–Crippen MR) is 157 cm³/mol. The zero-order valence-corrected chi connectivity index (χ0v) is 24.6. The smallest absolute Gasteiger partial charge is 0.264 e. The molecule has 39 heavy (non-hydrogen) atoms. The number of carbonyl (C=O) groups excluding carboxylic acids is 2. The molecule has 10 heteroatoms. The van der Waals surface area contributed by atoms with Gasteiger partial charge in [0.15, 0.2) is 0 Å². The predicted octanol–water partition coefficient (Wildman–Crippen LogP) is 5.83. The molecule has 0 aliphatic heterocycles. The van der Waals surface area contributed by atoms with Crippen molar-refractivity contribution in [3.8, 4) is 0 Å². The molecule has 2 amide bonds. The third kappa shape index (κ3) is 7.97. The molecule has 0 radical (unpaired) electrons. The van der Waals surface area contributed by atoms with Crippen LogP contribution >= 0.6 is 23.2 Å². The molecule has 1 atom stereocenters. The van der Waals surface area contributed by atoms with Crippen molar-refractivity contribution in [2.24, 2.45) is 0 Å². The molecule has 0 heterocycles. The topological polar surface area (TPSA) is 86.8 Å². The van der Waals surface area contributed by atoms with Gasteiger partial charge < -0.3 is 10.2 Å². The second kappa shape index (κ2) is 13.8. The lowest BCUT2D eigenvalue weighted by Crippen LogP contribution is -2.51. The van der Waals surface area contributed by atoms with Crippen LogP contribution in [-0.4, -0.2) is 44.3 Å². The summed E-state index contributed by atoms with van der Waals surface area (Å²) in [5.41, 5.74) is 1.66. The number of amides is 2. The van der Waals surface area contributed by atoms with E-state index in [1.807, 2.05) is 6.92 Å². The Kier molecular flexibility index (Phi) is 10.8. The Morgan fingerprint density at radius 1 is 0.949 bits per heavy atom. The van der Waals surface area contributed by atoms with Crippen LogP contribution in [0.3, 0.4) is 0 Å². The summed E-state index contributed by atoms with van der Waals surface area (Å²) < 4.78 is 28.7. The van der Waals surface area contributed by atoms with Crippen molar-refractivity contribution < 1.29 is 18.0 Å². The molecule has 3 aromatic carbocycles. The number of carbonyl (C=O) groups is 2. The Bertz CT molecular complexity index is 1380. The van der Waals surface area contributed by atoms with Crippen LogP contribution in [0, 0.1) is 6.92 Å². The summed E-state index contributed by atoms with van der Waals surface area (Å²) in [4.78, 5) is 28.4. The van der Waals surface area contributed by atoms with E-state index in [9.17, 15) is 18.0 Å². The van der Waals surface area contributed by atoms with Gasteiger partial charge in [0, 0.05) is 23.1 Å². The summed E-state index contributed by atoms with van der Waals surface area (Å²) >= 11 is 12.2. The molecule has 0 aliphatic rings. The molecule has 3 aromatic rings. The van der Waals surface area contributed by atoms with Crippen LogP contribution in [0.2, 0.25) is 10.0 Å². The Balaban J connectivity index is 2.01. The summed E-state index contributed by atoms with van der Waals surface area (Å²) in [6.07, 6.45) is 1.72. The van der Waals surface area contributed by atoms with Gasteiger partial charge in [-0.05, 0) is 73.9 Å². The number of hydrogen-bond acceptors (Lipinski definition) is 4. The van der Waals surface area contributed by atoms with Crippen molar-refractivity contribution in [2.45, 2.75) is 51.1 Å². The van der Waals surface area contributed by atoms with Crippen molar-refractivity contribution in [3.05, 3.63) is 94.0 Å². The fourth-order valence-corrected chi connectivity index (χ4v) is 5.89. The van der Waals surface area contributed by atoms with E-state index in [1.54, 1.807) is 74.5 Å². The van der Waals surface area contributed by atoms with Crippen LogP contribution < -0.4 is 9.62 Å². The maximum Gasteiger partial charge on any atom is 0.264 e. The Hall–Kier alpha value is -3.07.